The Kier molecular flexibility index (Phi) is 17.1. The molecule has 3 amide bonds. The van der Waals surface area contributed by atoms with E-state index in [9.17, 15) is 19.2 Å². The predicted octanol–water partition coefficient (Wildman–Crippen LogP) is 0.493. The van der Waals surface area contributed by atoms with Crippen LogP contribution in [0.4, 0.5) is 0 Å². The van der Waals surface area contributed by atoms with Crippen LogP contribution in [0.5, 0.6) is 5.75 Å². The Balaban J connectivity index is 0.0000144. The van der Waals surface area contributed by atoms with Crippen LogP contribution in [0.3, 0.4) is 0 Å². The molecule has 3 atom stereocenters. The Morgan fingerprint density at radius 1 is 0.974 bits per heavy atom. The molecule has 0 aromatic heterocycles. The van der Waals surface area contributed by atoms with Gasteiger partial charge in [-0.3, -0.25) is 19.4 Å². The van der Waals surface area contributed by atoms with Crippen LogP contribution in [0.15, 0.2) is 54.6 Å². The number of aliphatic imine (C=N–C) groups is 1. The Hall–Kier alpha value is -4.06. The minimum absolute atomic E-state index is 0. The smallest absolute Gasteiger partial charge is 0.328 e. The maximum atomic E-state index is 13.2. The van der Waals surface area contributed by atoms with Gasteiger partial charge in [0, 0.05) is 19.9 Å². The lowest BCUT2D eigenvalue weighted by Gasteiger charge is -2.24. The van der Waals surface area contributed by atoms with Crippen LogP contribution in [-0.2, 0) is 30.3 Å². The van der Waals surface area contributed by atoms with Gasteiger partial charge in [-0.25, -0.2) is 4.79 Å². The lowest BCUT2D eigenvalue weighted by Crippen LogP contribution is -2.56. The fourth-order valence-electron chi connectivity index (χ4n) is 3.41. The number of ether oxygens (including phenoxy) is 2. The van der Waals surface area contributed by atoms with E-state index >= 15 is 0 Å². The Morgan fingerprint density at radius 3 is 2.13 bits per heavy atom. The van der Waals surface area contributed by atoms with E-state index in [-0.39, 0.29) is 44.2 Å². The summed E-state index contributed by atoms with van der Waals surface area (Å²) in [7, 11) is 1.20. The van der Waals surface area contributed by atoms with E-state index in [2.05, 4.69) is 34.1 Å². The van der Waals surface area contributed by atoms with Crippen LogP contribution in [0.25, 0.3) is 0 Å². The molecule has 1 rings (SSSR count). The van der Waals surface area contributed by atoms with Gasteiger partial charge in [0.25, 0.3) is 0 Å². The normalized spacial score (nSPS) is 12.3. The van der Waals surface area contributed by atoms with Crippen molar-refractivity contribution in [3.05, 3.63) is 55.1 Å². The van der Waals surface area contributed by atoms with Gasteiger partial charge in [-0.05, 0) is 37.0 Å². The molecular weight excluding hydrogens is 528 g/mol. The van der Waals surface area contributed by atoms with Crippen molar-refractivity contribution in [1.82, 2.24) is 16.0 Å². The first-order chi connectivity index (χ1) is 18.1. The van der Waals surface area contributed by atoms with E-state index in [0.717, 1.165) is 5.56 Å². The third kappa shape index (κ3) is 13.9. The standard InChI is InChI=1S/C26H38N6O6.ClH/c1-5-8-21(25(36)37-4)32-23(34)20(9-7-14-29-26(27)28)31-24(35)22(30-17(3)33)16-18-10-12-19(13-11-18)38-15-6-2;/h5-6,10-13,20-22H,1-2,7-9,14-16H2,3-4H3,(H,30,33)(H,31,35)(H,32,34)(H4,27,28,29);1H/t20-,21-,22-;/m0./s1. The van der Waals surface area contributed by atoms with Gasteiger partial charge in [0.05, 0.1) is 7.11 Å². The zero-order valence-electron chi connectivity index (χ0n) is 22.3. The monoisotopic (exact) mass is 566 g/mol. The molecule has 0 aliphatic carbocycles. The topological polar surface area (TPSA) is 187 Å². The summed E-state index contributed by atoms with van der Waals surface area (Å²) in [5.74, 6) is -1.72. The number of amides is 3. The van der Waals surface area contributed by atoms with Crippen LogP contribution in [0.2, 0.25) is 0 Å². The quantitative estimate of drug-likeness (QED) is 0.0592. The Bertz CT molecular complexity index is 997. The van der Waals surface area contributed by atoms with Crippen molar-refractivity contribution in [2.45, 2.75) is 50.7 Å². The number of esters is 1. The van der Waals surface area contributed by atoms with Crippen molar-refractivity contribution in [1.29, 1.82) is 0 Å². The van der Waals surface area contributed by atoms with Gasteiger partial charge < -0.3 is 36.9 Å². The Morgan fingerprint density at radius 2 is 1.59 bits per heavy atom. The molecule has 216 valence electrons. The number of carbonyl (C=O) groups is 4. The summed E-state index contributed by atoms with van der Waals surface area (Å²) in [6, 6.07) is 4.05. The summed E-state index contributed by atoms with van der Waals surface area (Å²) in [4.78, 5) is 54.1. The highest BCUT2D eigenvalue weighted by atomic mass is 35.5. The van der Waals surface area contributed by atoms with Gasteiger partial charge in [0.1, 0.15) is 30.5 Å². The second kappa shape index (κ2) is 19.1. The van der Waals surface area contributed by atoms with Crippen LogP contribution in [0.1, 0.15) is 31.7 Å². The summed E-state index contributed by atoms with van der Waals surface area (Å²) >= 11 is 0. The largest absolute Gasteiger partial charge is 0.490 e. The van der Waals surface area contributed by atoms with Gasteiger partial charge in [-0.2, -0.15) is 0 Å². The second-order valence-corrected chi connectivity index (χ2v) is 8.32. The number of benzene rings is 1. The minimum Gasteiger partial charge on any atom is -0.490 e. The van der Waals surface area contributed by atoms with E-state index < -0.39 is 41.8 Å². The zero-order chi connectivity index (χ0) is 28.5. The van der Waals surface area contributed by atoms with Crippen LogP contribution >= 0.6 is 12.4 Å². The van der Waals surface area contributed by atoms with Gasteiger partial charge in [-0.15, -0.1) is 19.0 Å². The van der Waals surface area contributed by atoms with E-state index in [1.807, 2.05) is 0 Å². The molecule has 1 aromatic rings. The highest BCUT2D eigenvalue weighted by Gasteiger charge is 2.29. The number of nitrogens with two attached hydrogens (primary N) is 2. The van der Waals surface area contributed by atoms with Crippen molar-refractivity contribution in [3.63, 3.8) is 0 Å². The fourth-order valence-corrected chi connectivity index (χ4v) is 3.41. The van der Waals surface area contributed by atoms with Crippen molar-refractivity contribution in [2.75, 3.05) is 20.3 Å². The number of halogens is 1. The number of nitrogens with one attached hydrogen (secondary N) is 3. The third-order valence-corrected chi connectivity index (χ3v) is 5.21. The molecule has 0 bridgehead atoms. The fraction of sp³-hybridized carbons (Fsp3) is 0.423. The molecule has 0 spiro atoms. The highest BCUT2D eigenvalue weighted by Crippen LogP contribution is 2.14. The van der Waals surface area contributed by atoms with E-state index in [4.69, 9.17) is 20.9 Å². The number of carbonyl (C=O) groups excluding carboxylic acids is 4. The van der Waals surface area contributed by atoms with Crippen LogP contribution in [0, 0.1) is 0 Å². The highest BCUT2D eigenvalue weighted by molar-refractivity contribution is 5.93. The maximum Gasteiger partial charge on any atom is 0.328 e. The molecule has 0 saturated heterocycles. The summed E-state index contributed by atoms with van der Waals surface area (Å²) in [5.41, 5.74) is 11.5. The molecule has 39 heavy (non-hydrogen) atoms. The number of methoxy groups -OCH3 is 1. The number of guanidine groups is 1. The molecule has 0 saturated carbocycles. The lowest BCUT2D eigenvalue weighted by atomic mass is 10.0. The first-order valence-corrected chi connectivity index (χ1v) is 12.1. The minimum atomic E-state index is -1.04. The first-order valence-electron chi connectivity index (χ1n) is 12.1. The molecular formula is C26H39ClN6O6. The number of hydrogen-bond acceptors (Lipinski definition) is 7. The predicted molar refractivity (Wildman–Crippen MR) is 151 cm³/mol. The summed E-state index contributed by atoms with van der Waals surface area (Å²) in [6.07, 6.45) is 3.91. The first kappa shape index (κ1) is 34.9. The second-order valence-electron chi connectivity index (χ2n) is 8.32. The SMILES string of the molecule is C=CCOc1ccc(C[C@H](NC(C)=O)C(=O)N[C@@H](CCCN=C(N)N)C(=O)N[C@@H](CC=C)C(=O)OC)cc1.Cl. The van der Waals surface area contributed by atoms with Crippen molar-refractivity contribution in [2.24, 2.45) is 16.5 Å². The molecule has 0 aliphatic heterocycles. The summed E-state index contributed by atoms with van der Waals surface area (Å²) < 4.78 is 10.2. The number of nitrogens with zero attached hydrogens (tertiary/aromatic N) is 1. The molecule has 0 radical (unpaired) electrons. The molecule has 0 unspecified atom stereocenters. The molecule has 1 aromatic carbocycles. The van der Waals surface area contributed by atoms with Crippen molar-refractivity contribution < 1.29 is 28.7 Å². The molecule has 7 N–H and O–H groups in total. The number of hydrogen-bond donors (Lipinski definition) is 5. The van der Waals surface area contributed by atoms with Crippen LogP contribution < -0.4 is 32.2 Å². The average molecular weight is 567 g/mol. The molecule has 12 nitrogen and oxygen atoms in total. The van der Waals surface area contributed by atoms with Gasteiger partial charge in [0.2, 0.25) is 17.7 Å². The maximum absolute atomic E-state index is 13.2. The van der Waals surface area contributed by atoms with Crippen molar-refractivity contribution in [3.8, 4) is 5.75 Å². The molecule has 0 heterocycles. The van der Waals surface area contributed by atoms with Crippen molar-refractivity contribution >= 4 is 42.1 Å². The molecule has 0 fully saturated rings. The van der Waals surface area contributed by atoms with Gasteiger partial charge in [0.15, 0.2) is 5.96 Å². The molecule has 0 aliphatic rings. The van der Waals surface area contributed by atoms with Crippen LogP contribution in [-0.4, -0.2) is 68.0 Å². The molecule has 13 heteroatoms. The summed E-state index contributed by atoms with van der Waals surface area (Å²) in [6.45, 7) is 9.06. The average Bonchev–Trinajstić information content (AvgIpc) is 2.88. The van der Waals surface area contributed by atoms with E-state index in [0.29, 0.717) is 18.8 Å². The third-order valence-electron chi connectivity index (χ3n) is 5.21. The van der Waals surface area contributed by atoms with E-state index in [1.165, 1.54) is 20.1 Å². The number of rotatable bonds is 17. The Labute approximate surface area is 235 Å². The van der Waals surface area contributed by atoms with Gasteiger partial charge in [-0.1, -0.05) is 30.9 Å². The van der Waals surface area contributed by atoms with Gasteiger partial charge >= 0.3 is 5.97 Å². The summed E-state index contributed by atoms with van der Waals surface area (Å²) in [5, 5.41) is 7.89. The van der Waals surface area contributed by atoms with E-state index in [1.54, 1.807) is 30.3 Å². The zero-order valence-corrected chi connectivity index (χ0v) is 23.1. The lowest BCUT2D eigenvalue weighted by molar-refractivity contribution is -0.145.